The zero-order chi connectivity index (χ0) is 39.4. The first-order chi connectivity index (χ1) is 28.2. The monoisotopic (exact) mass is 746 g/mol. The Morgan fingerprint density at radius 3 is 1.48 bits per heavy atom. The van der Waals surface area contributed by atoms with Gasteiger partial charge in [-0.05, 0) is 109 Å². The molecule has 0 atom stereocenters. The highest BCUT2D eigenvalue weighted by molar-refractivity contribution is 5.99. The molecule has 8 aromatic rings. The molecule has 0 N–H and O–H groups in total. The summed E-state index contributed by atoms with van der Waals surface area (Å²) >= 11 is 0. The summed E-state index contributed by atoms with van der Waals surface area (Å²) in [5.74, 6) is 0. The van der Waals surface area contributed by atoms with Crippen molar-refractivity contribution in [3.8, 4) is 22.3 Å². The summed E-state index contributed by atoms with van der Waals surface area (Å²) in [5.41, 5.74) is 20.7. The van der Waals surface area contributed by atoms with Crippen molar-refractivity contribution in [1.82, 2.24) is 0 Å². The van der Waals surface area contributed by atoms with Crippen molar-refractivity contribution in [1.29, 1.82) is 0 Å². The molecule has 2 heteroatoms. The van der Waals surface area contributed by atoms with Gasteiger partial charge < -0.3 is 9.80 Å². The topological polar surface area (TPSA) is 6.48 Å². The molecule has 2 nitrogen and oxygen atoms in total. The minimum absolute atomic E-state index is 0.0553. The smallest absolute Gasteiger partial charge is 0.0783 e. The van der Waals surface area contributed by atoms with E-state index < -0.39 is 5.41 Å². The standard InChI is InChI=1S/C56H46N2/c1-54(2,3)39-32-35-51-47(36-39)56(44-23-11-14-26-48(44)57(51)40-33-30-38(31-34-40)37-18-7-6-8-19-37)45-24-12-15-27-49(45)58(50-28-16-13-25-46(50)56)52-29-17-21-42-41-20-9-10-22-43(41)55(4,5)53(42)52/h6-36H,1-5H3. The van der Waals surface area contributed by atoms with Gasteiger partial charge in [-0.15, -0.1) is 0 Å². The number of fused-ring (bicyclic) bond motifs is 11. The van der Waals surface area contributed by atoms with E-state index in [2.05, 4.69) is 232 Å². The van der Waals surface area contributed by atoms with E-state index in [0.717, 1.165) is 5.69 Å². The largest absolute Gasteiger partial charge is 0.310 e. The predicted molar refractivity (Wildman–Crippen MR) is 243 cm³/mol. The fourth-order valence-corrected chi connectivity index (χ4v) is 10.6. The Balaban J connectivity index is 1.20. The molecule has 1 aliphatic carbocycles. The SMILES string of the molecule is CC(C)(C)c1ccc2c(c1)C1(c3ccccc3N2c2ccc(-c3ccccc3)cc2)c2ccccc2N(c2cccc3c2C(C)(C)c2ccccc2-3)c2ccccc21. The maximum absolute atomic E-state index is 2.58. The van der Waals surface area contributed by atoms with E-state index in [9.17, 15) is 0 Å². The highest BCUT2D eigenvalue weighted by Gasteiger charge is 2.52. The van der Waals surface area contributed by atoms with E-state index in [1.807, 2.05) is 0 Å². The molecule has 0 amide bonds. The molecule has 280 valence electrons. The van der Waals surface area contributed by atoms with Gasteiger partial charge in [0.05, 0.1) is 33.9 Å². The van der Waals surface area contributed by atoms with E-state index in [1.165, 1.54) is 89.6 Å². The first kappa shape index (κ1) is 34.6. The van der Waals surface area contributed by atoms with Crippen LogP contribution in [0, 0.1) is 0 Å². The van der Waals surface area contributed by atoms with Crippen LogP contribution in [-0.4, -0.2) is 0 Å². The number of rotatable bonds is 3. The number of para-hydroxylation sites is 3. The van der Waals surface area contributed by atoms with Gasteiger partial charge in [0.15, 0.2) is 0 Å². The van der Waals surface area contributed by atoms with Gasteiger partial charge in [-0.2, -0.15) is 0 Å². The number of hydrogen-bond donors (Lipinski definition) is 0. The fraction of sp³-hybridized carbons (Fsp3) is 0.143. The van der Waals surface area contributed by atoms with E-state index in [4.69, 9.17) is 0 Å². The highest BCUT2D eigenvalue weighted by Crippen LogP contribution is 2.65. The van der Waals surface area contributed by atoms with Crippen molar-refractivity contribution in [2.24, 2.45) is 0 Å². The molecular weight excluding hydrogens is 701 g/mol. The summed E-state index contributed by atoms with van der Waals surface area (Å²) in [6.07, 6.45) is 0. The van der Waals surface area contributed by atoms with Crippen LogP contribution >= 0.6 is 0 Å². The minimum atomic E-state index is -0.603. The van der Waals surface area contributed by atoms with Crippen molar-refractivity contribution in [2.45, 2.75) is 50.9 Å². The zero-order valence-electron chi connectivity index (χ0n) is 33.8. The van der Waals surface area contributed by atoms with E-state index >= 15 is 0 Å². The maximum Gasteiger partial charge on any atom is 0.0783 e. The van der Waals surface area contributed by atoms with Crippen LogP contribution in [0.25, 0.3) is 22.3 Å². The maximum atomic E-state index is 2.58. The van der Waals surface area contributed by atoms with Gasteiger partial charge in [0.2, 0.25) is 0 Å². The van der Waals surface area contributed by atoms with E-state index in [0.29, 0.717) is 0 Å². The van der Waals surface area contributed by atoms with Gasteiger partial charge in [-0.3, -0.25) is 0 Å². The molecule has 0 saturated heterocycles. The third-order valence-electron chi connectivity index (χ3n) is 13.2. The summed E-state index contributed by atoms with van der Waals surface area (Å²) in [4.78, 5) is 5.07. The molecule has 11 rings (SSSR count). The number of anilines is 6. The lowest BCUT2D eigenvalue weighted by molar-refractivity contribution is 0.586. The molecule has 2 aliphatic heterocycles. The minimum Gasteiger partial charge on any atom is -0.310 e. The summed E-state index contributed by atoms with van der Waals surface area (Å²) < 4.78 is 0. The van der Waals surface area contributed by atoms with Crippen LogP contribution in [0.4, 0.5) is 34.1 Å². The Kier molecular flexibility index (Phi) is 7.41. The molecule has 2 heterocycles. The van der Waals surface area contributed by atoms with Crippen LogP contribution < -0.4 is 9.80 Å². The Labute approximate surface area is 342 Å². The molecule has 0 radical (unpaired) electrons. The van der Waals surface area contributed by atoms with Crippen molar-refractivity contribution in [3.63, 3.8) is 0 Å². The van der Waals surface area contributed by atoms with Crippen molar-refractivity contribution in [2.75, 3.05) is 9.80 Å². The molecule has 58 heavy (non-hydrogen) atoms. The molecule has 8 aromatic carbocycles. The van der Waals surface area contributed by atoms with Crippen molar-refractivity contribution < 1.29 is 0 Å². The van der Waals surface area contributed by atoms with Gasteiger partial charge >= 0.3 is 0 Å². The van der Waals surface area contributed by atoms with Crippen LogP contribution in [0.3, 0.4) is 0 Å². The van der Waals surface area contributed by atoms with Crippen LogP contribution in [0.5, 0.6) is 0 Å². The lowest BCUT2D eigenvalue weighted by atomic mass is 9.59. The Morgan fingerprint density at radius 1 is 0.379 bits per heavy atom. The summed E-state index contributed by atoms with van der Waals surface area (Å²) in [6, 6.07) is 70.5. The van der Waals surface area contributed by atoms with Gasteiger partial charge in [0.25, 0.3) is 0 Å². The summed E-state index contributed by atoms with van der Waals surface area (Å²) in [6.45, 7) is 11.8. The second-order valence-electron chi connectivity index (χ2n) is 17.7. The Morgan fingerprint density at radius 2 is 0.862 bits per heavy atom. The van der Waals surface area contributed by atoms with Crippen molar-refractivity contribution >= 4 is 34.1 Å². The highest BCUT2D eigenvalue weighted by atomic mass is 15.2. The molecule has 0 saturated carbocycles. The molecule has 0 bridgehead atoms. The third kappa shape index (κ3) is 4.72. The molecule has 1 spiro atoms. The number of nitrogens with zero attached hydrogens (tertiary/aromatic N) is 2. The lowest BCUT2D eigenvalue weighted by Crippen LogP contribution is -2.42. The summed E-state index contributed by atoms with van der Waals surface area (Å²) in [7, 11) is 0. The van der Waals surface area contributed by atoms with Crippen LogP contribution in [0.15, 0.2) is 188 Å². The summed E-state index contributed by atoms with van der Waals surface area (Å²) in [5, 5.41) is 0. The van der Waals surface area contributed by atoms with Gasteiger partial charge in [-0.1, -0.05) is 180 Å². The van der Waals surface area contributed by atoms with Crippen molar-refractivity contribution in [3.05, 3.63) is 227 Å². The first-order valence-electron chi connectivity index (χ1n) is 20.6. The molecule has 0 aromatic heterocycles. The quantitative estimate of drug-likeness (QED) is 0.178. The van der Waals surface area contributed by atoms with Crippen LogP contribution in [0.1, 0.15) is 73.6 Å². The Hall–Kier alpha value is -6.64. The van der Waals surface area contributed by atoms with Gasteiger partial charge in [-0.25, -0.2) is 0 Å². The fourth-order valence-electron chi connectivity index (χ4n) is 10.6. The third-order valence-corrected chi connectivity index (χ3v) is 13.2. The van der Waals surface area contributed by atoms with E-state index in [-0.39, 0.29) is 10.8 Å². The van der Waals surface area contributed by atoms with Crippen LogP contribution in [0.2, 0.25) is 0 Å². The predicted octanol–water partition coefficient (Wildman–Crippen LogP) is 14.9. The molecular formula is C56H46N2. The molecule has 0 fully saturated rings. The number of hydrogen-bond acceptors (Lipinski definition) is 2. The molecule has 0 unspecified atom stereocenters. The molecule has 3 aliphatic rings. The normalized spacial score (nSPS) is 15.2. The van der Waals surface area contributed by atoms with Crippen LogP contribution in [-0.2, 0) is 16.2 Å². The zero-order valence-corrected chi connectivity index (χ0v) is 33.8. The van der Waals surface area contributed by atoms with Gasteiger partial charge in [0.1, 0.15) is 0 Å². The average Bonchev–Trinajstić information content (AvgIpc) is 3.50. The lowest BCUT2D eigenvalue weighted by Gasteiger charge is -2.52. The average molecular weight is 747 g/mol. The van der Waals surface area contributed by atoms with Gasteiger partial charge in [0, 0.05) is 11.1 Å². The second-order valence-corrected chi connectivity index (χ2v) is 17.7. The second kappa shape index (κ2) is 12.4. The Bertz CT molecular complexity index is 2860. The first-order valence-corrected chi connectivity index (χ1v) is 20.6. The number of benzene rings is 8. The van der Waals surface area contributed by atoms with E-state index in [1.54, 1.807) is 0 Å².